The maximum absolute atomic E-state index is 13.8. The average molecular weight is 1070 g/mol. The van der Waals surface area contributed by atoms with Gasteiger partial charge in [0, 0.05) is 62.1 Å². The maximum atomic E-state index is 13.8. The largest absolute Gasteiger partial charge is 0.480 e. The molecule has 18 nitrogen and oxygen atoms in total. The lowest BCUT2D eigenvalue weighted by Gasteiger charge is -2.37. The van der Waals surface area contributed by atoms with E-state index in [9.17, 15) is 39.0 Å². The van der Waals surface area contributed by atoms with Crippen molar-refractivity contribution >= 4 is 58.2 Å². The topological polar surface area (TPSA) is 246 Å². The highest BCUT2D eigenvalue weighted by atomic mass is 32.1. The van der Waals surface area contributed by atoms with Crippen LogP contribution >= 0.6 is 22.7 Å². The molecule has 0 aliphatic carbocycles. The molecule has 2 fully saturated rings. The minimum Gasteiger partial charge on any atom is -0.480 e. The molecule has 2 amide bonds. The highest BCUT2D eigenvalue weighted by molar-refractivity contribution is 7.10. The highest BCUT2D eigenvalue weighted by Gasteiger charge is 2.44. The number of esters is 2. The van der Waals surface area contributed by atoms with Crippen molar-refractivity contribution in [3.8, 4) is 0 Å². The predicted molar refractivity (Wildman–Crippen MR) is 286 cm³/mol. The summed E-state index contributed by atoms with van der Waals surface area (Å²) in [6, 6.07) is -1.01. The Hall–Kier alpha value is -3.92. The Morgan fingerprint density at radius 2 is 1.10 bits per heavy atom. The number of aliphatic carboxylic acids is 1. The third-order valence-corrected chi connectivity index (χ3v) is 17.3. The Balaban J connectivity index is 0.000000431. The van der Waals surface area contributed by atoms with Gasteiger partial charge in [-0.3, -0.25) is 29.0 Å². The number of carbonyl (C=O) groups excluding carboxylic acids is 5. The predicted octanol–water partition coefficient (Wildman–Crippen LogP) is 7.49. The fourth-order valence-corrected chi connectivity index (χ4v) is 10.8. The second kappa shape index (κ2) is 30.0. The molecule has 73 heavy (non-hydrogen) atoms. The molecule has 0 spiro atoms. The van der Waals surface area contributed by atoms with Crippen LogP contribution in [-0.2, 0) is 28.7 Å². The number of hydrogen-bond donors (Lipinski definition) is 4. The molecule has 10 atom stereocenters. The standard InChI is InChI=1S/C27H45N3O5S.C19H33N3O4S.C7H13NO2/c1-9-18(5)19(14-23(32)27(6)12-11-13-29(27)7)25(33)30(8)21(17(3)4)15-22(31)24-28-20(16-36-24)26(34)35-10-2;1-7-12(5)16(20)18(24)22(6)14(11(3)4)9-15(23)17-21-13(10-27-17)19(25)26-8-2;1-7(6(9)10)4-3-5-8(7)2/h16-19,21-22,31H,9-15H2,1-8H3;10-12,14-16,23H,7-9,20H2,1-6H3;3-5H2,1-2H3,(H,9,10)/t18-,19-,21+,22+,27+;12-,14+,15+,16-;7-/m001/s1. The van der Waals surface area contributed by atoms with E-state index < -0.39 is 53.2 Å². The van der Waals surface area contributed by atoms with E-state index in [-0.39, 0.29) is 90.8 Å². The number of ether oxygens (including phenoxy) is 2. The number of carboxylic acid groups (broad SMARTS) is 1. The quantitative estimate of drug-likeness (QED) is 0.0744. The monoisotopic (exact) mass is 1070 g/mol. The number of carbonyl (C=O) groups is 6. The van der Waals surface area contributed by atoms with E-state index in [1.165, 1.54) is 22.7 Å². The Labute approximate surface area is 443 Å². The number of hydrogen-bond acceptors (Lipinski definition) is 17. The van der Waals surface area contributed by atoms with Crippen molar-refractivity contribution in [3.05, 3.63) is 32.2 Å². The Morgan fingerprint density at radius 3 is 1.42 bits per heavy atom. The van der Waals surface area contributed by atoms with Gasteiger partial charge in [0.2, 0.25) is 11.8 Å². The molecule has 416 valence electrons. The summed E-state index contributed by atoms with van der Waals surface area (Å²) < 4.78 is 9.92. The molecule has 4 rings (SSSR count). The van der Waals surface area contributed by atoms with Gasteiger partial charge in [0.25, 0.3) is 0 Å². The highest BCUT2D eigenvalue weighted by Crippen LogP contribution is 2.35. The van der Waals surface area contributed by atoms with Gasteiger partial charge in [-0.15, -0.1) is 22.7 Å². The van der Waals surface area contributed by atoms with Gasteiger partial charge < -0.3 is 40.3 Å². The molecular formula is C53H91N7O11S2. The van der Waals surface area contributed by atoms with Crippen molar-refractivity contribution in [2.45, 2.75) is 182 Å². The molecular weight excluding hydrogens is 975 g/mol. The second-order valence-corrected chi connectivity index (χ2v) is 22.8. The lowest BCUT2D eigenvalue weighted by molar-refractivity contribution is -0.147. The van der Waals surface area contributed by atoms with Gasteiger partial charge in [0.15, 0.2) is 17.2 Å². The number of likely N-dealkylation sites (N-methyl/N-ethyl adjacent to an activating group) is 3. The molecule has 20 heteroatoms. The smallest absolute Gasteiger partial charge is 0.357 e. The number of Topliss-reactive ketones (excluding diaryl/α,β-unsaturated/α-hetero) is 1. The number of ketones is 1. The zero-order valence-electron chi connectivity index (χ0n) is 46.8. The second-order valence-electron chi connectivity index (χ2n) is 21.0. The zero-order valence-corrected chi connectivity index (χ0v) is 48.4. The molecule has 2 aliphatic heterocycles. The summed E-state index contributed by atoms with van der Waals surface area (Å²) in [6.45, 7) is 25.7. The number of nitrogens with zero attached hydrogens (tertiary/aromatic N) is 6. The van der Waals surface area contributed by atoms with Crippen LogP contribution in [0.15, 0.2) is 10.8 Å². The van der Waals surface area contributed by atoms with Gasteiger partial charge in [0.05, 0.1) is 24.8 Å². The van der Waals surface area contributed by atoms with Crippen molar-refractivity contribution < 1.29 is 53.6 Å². The van der Waals surface area contributed by atoms with E-state index in [2.05, 4.69) is 14.9 Å². The van der Waals surface area contributed by atoms with Crippen LogP contribution in [-0.4, -0.2) is 164 Å². The van der Waals surface area contributed by atoms with Crippen LogP contribution in [0.25, 0.3) is 0 Å². The number of rotatable bonds is 24. The first kappa shape index (κ1) is 65.2. The summed E-state index contributed by atoms with van der Waals surface area (Å²) in [5.41, 5.74) is 5.37. The molecule has 5 N–H and O–H groups in total. The summed E-state index contributed by atoms with van der Waals surface area (Å²) in [5.74, 6) is -1.83. The van der Waals surface area contributed by atoms with E-state index in [1.807, 2.05) is 81.3 Å². The van der Waals surface area contributed by atoms with Crippen LogP contribution in [0.1, 0.15) is 184 Å². The molecule has 2 aromatic rings. The first-order valence-corrected chi connectivity index (χ1v) is 27.9. The maximum Gasteiger partial charge on any atom is 0.357 e. The summed E-state index contributed by atoms with van der Waals surface area (Å²) >= 11 is 2.42. The number of carboxylic acids is 1. The molecule has 0 saturated carbocycles. The van der Waals surface area contributed by atoms with Crippen molar-refractivity contribution in [2.24, 2.45) is 35.3 Å². The summed E-state index contributed by atoms with van der Waals surface area (Å²) in [6.07, 6.45) is 4.25. The molecule has 2 saturated heterocycles. The number of thiazole rings is 2. The van der Waals surface area contributed by atoms with Crippen LogP contribution in [0.5, 0.6) is 0 Å². The van der Waals surface area contributed by atoms with Crippen LogP contribution in [0, 0.1) is 29.6 Å². The van der Waals surface area contributed by atoms with Gasteiger partial charge in [-0.1, -0.05) is 68.2 Å². The van der Waals surface area contributed by atoms with E-state index in [0.717, 1.165) is 51.6 Å². The minimum atomic E-state index is -0.921. The lowest BCUT2D eigenvalue weighted by atomic mass is 9.80. The summed E-state index contributed by atoms with van der Waals surface area (Å²) in [4.78, 5) is 90.2. The van der Waals surface area contributed by atoms with Gasteiger partial charge in [0.1, 0.15) is 27.8 Å². The number of aromatic nitrogens is 2. The molecule has 2 aliphatic rings. The van der Waals surface area contributed by atoms with Crippen LogP contribution in [0.2, 0.25) is 0 Å². The molecule has 0 bridgehead atoms. The molecule has 0 aromatic carbocycles. The van der Waals surface area contributed by atoms with E-state index in [1.54, 1.807) is 55.4 Å². The van der Waals surface area contributed by atoms with E-state index in [0.29, 0.717) is 16.4 Å². The fourth-order valence-electron chi connectivity index (χ4n) is 9.27. The minimum absolute atomic E-state index is 0.0563. The summed E-state index contributed by atoms with van der Waals surface area (Å²) in [5, 5.41) is 34.4. The fraction of sp³-hybridized carbons (Fsp3) is 0.774. The van der Waals surface area contributed by atoms with Crippen LogP contribution < -0.4 is 5.73 Å². The number of amides is 2. The molecule has 0 radical (unpaired) electrons. The third kappa shape index (κ3) is 17.6. The molecule has 4 heterocycles. The van der Waals surface area contributed by atoms with Crippen molar-refractivity contribution in [1.29, 1.82) is 0 Å². The Morgan fingerprint density at radius 1 is 0.699 bits per heavy atom. The number of aliphatic hydroxyl groups is 2. The molecule has 0 unspecified atom stereocenters. The zero-order chi connectivity index (χ0) is 55.7. The lowest BCUT2D eigenvalue weighted by Crippen LogP contribution is -2.51. The van der Waals surface area contributed by atoms with Gasteiger partial charge in [-0.05, 0) is 104 Å². The SMILES string of the molecule is CCOC(=O)c1csc([C@H](O)C[C@H](C(C)C)N(C)C(=O)[C@@H](CC(=O)[C@@]2(C)CCCN2C)[C@@H](C)CC)n1.CCOC(=O)c1csc([C@H](O)C[C@H](C(C)C)N(C)C(=O)[C@@H](N)[C@@H](C)CC)n1.CN1CCC[C@]1(C)C(=O)O. The Bertz CT molecular complexity index is 2080. The first-order valence-electron chi connectivity index (χ1n) is 26.2. The number of aliphatic hydroxyl groups excluding tert-OH is 2. The van der Waals surface area contributed by atoms with Gasteiger partial charge >= 0.3 is 17.9 Å². The van der Waals surface area contributed by atoms with Crippen LogP contribution in [0.4, 0.5) is 0 Å². The number of likely N-dealkylation sites (tertiary alicyclic amines) is 2. The van der Waals surface area contributed by atoms with Gasteiger partial charge in [-0.2, -0.15) is 0 Å². The van der Waals surface area contributed by atoms with Crippen LogP contribution in [0.3, 0.4) is 0 Å². The van der Waals surface area contributed by atoms with E-state index in [4.69, 9.17) is 20.3 Å². The van der Waals surface area contributed by atoms with E-state index >= 15 is 0 Å². The Kier molecular flexibility index (Phi) is 26.8. The van der Waals surface area contributed by atoms with Gasteiger partial charge in [-0.25, -0.2) is 19.6 Å². The normalized spacial score (nSPS) is 21.3. The third-order valence-electron chi connectivity index (χ3n) is 15.4. The summed E-state index contributed by atoms with van der Waals surface area (Å²) in [7, 11) is 7.35. The van der Waals surface area contributed by atoms with Crippen molar-refractivity contribution in [2.75, 3.05) is 54.5 Å². The van der Waals surface area contributed by atoms with Crippen molar-refractivity contribution in [3.63, 3.8) is 0 Å². The number of nitrogens with two attached hydrogens (primary N) is 1. The molecule has 2 aromatic heterocycles. The first-order chi connectivity index (χ1) is 34.1. The average Bonchev–Trinajstić information content (AvgIpc) is 4.19. The van der Waals surface area contributed by atoms with Crippen molar-refractivity contribution in [1.82, 2.24) is 29.6 Å².